The molecule has 5 heteroatoms. The number of amides is 2. The molecule has 0 bridgehead atoms. The Hall–Kier alpha value is -2.66. The van der Waals surface area contributed by atoms with Gasteiger partial charge in [0.05, 0.1) is 17.8 Å². The summed E-state index contributed by atoms with van der Waals surface area (Å²) in [6.07, 6.45) is 0. The predicted octanol–water partition coefficient (Wildman–Crippen LogP) is 2.08. The van der Waals surface area contributed by atoms with Crippen molar-refractivity contribution in [2.45, 2.75) is 13.5 Å². The average Bonchev–Trinajstić information content (AvgIpc) is 2.55. The van der Waals surface area contributed by atoms with Gasteiger partial charge in [0, 0.05) is 6.54 Å². The third-order valence-corrected chi connectivity index (χ3v) is 3.36. The normalized spacial score (nSPS) is 10.2. The lowest BCUT2D eigenvalue weighted by molar-refractivity contribution is -0.115. The fourth-order valence-corrected chi connectivity index (χ4v) is 2.13. The molecule has 5 nitrogen and oxygen atoms in total. The number of para-hydroxylation sites is 1. The first-order valence-electron chi connectivity index (χ1n) is 7.47. The van der Waals surface area contributed by atoms with Crippen LogP contribution < -0.4 is 16.0 Å². The molecule has 2 aromatic carbocycles. The van der Waals surface area contributed by atoms with E-state index in [0.717, 1.165) is 5.56 Å². The molecule has 0 aromatic heterocycles. The Morgan fingerprint density at radius 2 is 1.70 bits per heavy atom. The fraction of sp³-hybridized carbons (Fsp3) is 0.222. The SMILES string of the molecule is CNCC(=O)Nc1ccccc1C(=O)NCc1ccc(C)cc1. The molecule has 0 atom stereocenters. The Labute approximate surface area is 136 Å². The van der Waals surface area contributed by atoms with Gasteiger partial charge in [-0.05, 0) is 31.7 Å². The number of hydrogen-bond donors (Lipinski definition) is 3. The largest absolute Gasteiger partial charge is 0.348 e. The van der Waals surface area contributed by atoms with Crippen LogP contribution in [0.3, 0.4) is 0 Å². The lowest BCUT2D eigenvalue weighted by Gasteiger charge is -2.11. The van der Waals surface area contributed by atoms with E-state index in [9.17, 15) is 9.59 Å². The van der Waals surface area contributed by atoms with Crippen LogP contribution in [0.4, 0.5) is 5.69 Å². The second-order valence-corrected chi connectivity index (χ2v) is 5.29. The highest BCUT2D eigenvalue weighted by molar-refractivity contribution is 6.04. The van der Waals surface area contributed by atoms with Gasteiger partial charge in [0.15, 0.2) is 0 Å². The molecular weight excluding hydrogens is 290 g/mol. The summed E-state index contributed by atoms with van der Waals surface area (Å²) < 4.78 is 0. The van der Waals surface area contributed by atoms with Crippen molar-refractivity contribution in [1.82, 2.24) is 10.6 Å². The molecule has 3 N–H and O–H groups in total. The summed E-state index contributed by atoms with van der Waals surface area (Å²) in [7, 11) is 1.69. The van der Waals surface area contributed by atoms with E-state index in [0.29, 0.717) is 17.8 Å². The zero-order chi connectivity index (χ0) is 16.7. The molecule has 0 spiro atoms. The van der Waals surface area contributed by atoms with E-state index >= 15 is 0 Å². The van der Waals surface area contributed by atoms with E-state index in [1.807, 2.05) is 31.2 Å². The number of carbonyl (C=O) groups is 2. The maximum absolute atomic E-state index is 12.4. The summed E-state index contributed by atoms with van der Waals surface area (Å²) in [6, 6.07) is 14.9. The van der Waals surface area contributed by atoms with Crippen LogP contribution in [-0.4, -0.2) is 25.4 Å². The zero-order valence-corrected chi connectivity index (χ0v) is 13.3. The molecule has 0 saturated heterocycles. The van der Waals surface area contributed by atoms with Gasteiger partial charge in [0.25, 0.3) is 5.91 Å². The Morgan fingerprint density at radius 3 is 2.39 bits per heavy atom. The van der Waals surface area contributed by atoms with E-state index in [1.165, 1.54) is 5.56 Å². The number of benzene rings is 2. The smallest absolute Gasteiger partial charge is 0.253 e. The number of aryl methyl sites for hydroxylation is 1. The first-order valence-corrected chi connectivity index (χ1v) is 7.47. The van der Waals surface area contributed by atoms with E-state index in [4.69, 9.17) is 0 Å². The molecule has 120 valence electrons. The summed E-state index contributed by atoms with van der Waals surface area (Å²) >= 11 is 0. The van der Waals surface area contributed by atoms with Crippen LogP contribution in [-0.2, 0) is 11.3 Å². The molecule has 0 aliphatic carbocycles. The molecule has 0 radical (unpaired) electrons. The third-order valence-electron chi connectivity index (χ3n) is 3.36. The maximum atomic E-state index is 12.4. The van der Waals surface area contributed by atoms with Gasteiger partial charge in [-0.2, -0.15) is 0 Å². The minimum atomic E-state index is -0.217. The Morgan fingerprint density at radius 1 is 1.00 bits per heavy atom. The minimum absolute atomic E-state index is 0.189. The molecule has 2 amide bonds. The van der Waals surface area contributed by atoms with E-state index in [2.05, 4.69) is 16.0 Å². The molecule has 2 rings (SSSR count). The minimum Gasteiger partial charge on any atom is -0.348 e. The Kier molecular flexibility index (Phi) is 5.88. The molecular formula is C18H21N3O2. The highest BCUT2D eigenvalue weighted by Crippen LogP contribution is 2.15. The highest BCUT2D eigenvalue weighted by Gasteiger charge is 2.12. The number of nitrogens with one attached hydrogen (secondary N) is 3. The molecule has 2 aromatic rings. The topological polar surface area (TPSA) is 70.2 Å². The standard InChI is InChI=1S/C18H21N3O2/c1-13-7-9-14(10-8-13)11-20-18(23)15-5-3-4-6-16(15)21-17(22)12-19-2/h3-10,19H,11-12H2,1-2H3,(H,20,23)(H,21,22). The van der Waals surface area contributed by atoms with Crippen LogP contribution >= 0.6 is 0 Å². The van der Waals surface area contributed by atoms with Crippen LogP contribution in [0, 0.1) is 6.92 Å². The van der Waals surface area contributed by atoms with Gasteiger partial charge in [-0.3, -0.25) is 9.59 Å². The quantitative estimate of drug-likeness (QED) is 0.765. The average molecular weight is 311 g/mol. The van der Waals surface area contributed by atoms with Crippen LogP contribution in [0.25, 0.3) is 0 Å². The number of likely N-dealkylation sites (N-methyl/N-ethyl adjacent to an activating group) is 1. The number of rotatable bonds is 6. The Bertz CT molecular complexity index is 681. The van der Waals surface area contributed by atoms with Crippen molar-refractivity contribution < 1.29 is 9.59 Å². The maximum Gasteiger partial charge on any atom is 0.253 e. The lowest BCUT2D eigenvalue weighted by Crippen LogP contribution is -2.28. The van der Waals surface area contributed by atoms with Gasteiger partial charge in [-0.1, -0.05) is 42.0 Å². The van der Waals surface area contributed by atoms with Gasteiger partial charge < -0.3 is 16.0 Å². The van der Waals surface area contributed by atoms with Gasteiger partial charge in [0.1, 0.15) is 0 Å². The summed E-state index contributed by atoms with van der Waals surface area (Å²) in [5.41, 5.74) is 3.16. The van der Waals surface area contributed by atoms with Crippen molar-refractivity contribution in [2.75, 3.05) is 18.9 Å². The first kappa shape index (κ1) is 16.7. The van der Waals surface area contributed by atoms with Crippen molar-refractivity contribution in [1.29, 1.82) is 0 Å². The van der Waals surface area contributed by atoms with Gasteiger partial charge in [-0.15, -0.1) is 0 Å². The van der Waals surface area contributed by atoms with Gasteiger partial charge in [-0.25, -0.2) is 0 Å². The summed E-state index contributed by atoms with van der Waals surface area (Å²) in [6.45, 7) is 2.66. The predicted molar refractivity (Wildman–Crippen MR) is 91.3 cm³/mol. The number of carbonyl (C=O) groups excluding carboxylic acids is 2. The number of hydrogen-bond acceptors (Lipinski definition) is 3. The number of anilines is 1. The van der Waals surface area contributed by atoms with E-state index < -0.39 is 0 Å². The van der Waals surface area contributed by atoms with Crippen LogP contribution in [0.1, 0.15) is 21.5 Å². The molecule has 0 unspecified atom stereocenters. The molecule has 0 aliphatic rings. The second kappa shape index (κ2) is 8.10. The van der Waals surface area contributed by atoms with Crippen molar-refractivity contribution in [3.8, 4) is 0 Å². The Balaban J connectivity index is 2.04. The van der Waals surface area contributed by atoms with Crippen molar-refractivity contribution in [2.24, 2.45) is 0 Å². The molecule has 0 aliphatic heterocycles. The van der Waals surface area contributed by atoms with Crippen molar-refractivity contribution in [3.05, 3.63) is 65.2 Å². The molecule has 0 heterocycles. The highest BCUT2D eigenvalue weighted by atomic mass is 16.2. The molecule has 0 saturated carbocycles. The lowest BCUT2D eigenvalue weighted by atomic mass is 10.1. The van der Waals surface area contributed by atoms with E-state index in [1.54, 1.807) is 31.3 Å². The van der Waals surface area contributed by atoms with Crippen molar-refractivity contribution >= 4 is 17.5 Å². The third kappa shape index (κ3) is 4.93. The summed E-state index contributed by atoms with van der Waals surface area (Å²) in [5, 5.41) is 8.39. The first-order chi connectivity index (χ1) is 11.1. The van der Waals surface area contributed by atoms with Gasteiger partial charge >= 0.3 is 0 Å². The van der Waals surface area contributed by atoms with Crippen molar-refractivity contribution in [3.63, 3.8) is 0 Å². The van der Waals surface area contributed by atoms with Crippen LogP contribution in [0.5, 0.6) is 0 Å². The van der Waals surface area contributed by atoms with Crippen LogP contribution in [0.15, 0.2) is 48.5 Å². The molecule has 23 heavy (non-hydrogen) atoms. The fourth-order valence-electron chi connectivity index (χ4n) is 2.13. The summed E-state index contributed by atoms with van der Waals surface area (Å²) in [5.74, 6) is -0.405. The monoisotopic (exact) mass is 311 g/mol. The van der Waals surface area contributed by atoms with Gasteiger partial charge in [0.2, 0.25) is 5.91 Å². The summed E-state index contributed by atoms with van der Waals surface area (Å²) in [4.78, 5) is 24.1. The zero-order valence-electron chi connectivity index (χ0n) is 13.3. The van der Waals surface area contributed by atoms with E-state index in [-0.39, 0.29) is 18.4 Å². The second-order valence-electron chi connectivity index (χ2n) is 5.29. The van der Waals surface area contributed by atoms with Crippen LogP contribution in [0.2, 0.25) is 0 Å². The molecule has 0 fully saturated rings.